The van der Waals surface area contributed by atoms with Crippen LogP contribution in [0.5, 0.6) is 0 Å². The Kier molecular flexibility index (Phi) is 5.33. The fourth-order valence-corrected chi connectivity index (χ4v) is 1.74. The van der Waals surface area contributed by atoms with Crippen LogP contribution in [-0.2, 0) is 5.41 Å². The van der Waals surface area contributed by atoms with Gasteiger partial charge in [0.2, 0.25) is 0 Å². The minimum absolute atomic E-state index is 0.130. The third kappa shape index (κ3) is 4.14. The molecule has 0 amide bonds. The molecule has 3 heteroatoms. The summed E-state index contributed by atoms with van der Waals surface area (Å²) < 4.78 is 0. The first-order valence-corrected chi connectivity index (χ1v) is 6.33. The fraction of sp³-hybridized carbons (Fsp3) is 0.533. The van der Waals surface area contributed by atoms with Gasteiger partial charge in [-0.15, -0.1) is 0 Å². The van der Waals surface area contributed by atoms with Gasteiger partial charge in [-0.3, -0.25) is 5.32 Å². The van der Waals surface area contributed by atoms with E-state index in [-0.39, 0.29) is 18.1 Å². The third-order valence-corrected chi connectivity index (χ3v) is 2.92. The van der Waals surface area contributed by atoms with Crippen molar-refractivity contribution in [1.29, 1.82) is 5.26 Å². The van der Waals surface area contributed by atoms with Gasteiger partial charge in [-0.2, -0.15) is 5.26 Å². The predicted molar refractivity (Wildman–Crippen MR) is 73.2 cm³/mol. The molecule has 0 saturated heterocycles. The van der Waals surface area contributed by atoms with Gasteiger partial charge >= 0.3 is 0 Å². The number of nitriles is 1. The van der Waals surface area contributed by atoms with Crippen LogP contribution in [0.4, 0.5) is 0 Å². The van der Waals surface area contributed by atoms with Gasteiger partial charge < -0.3 is 5.11 Å². The number of rotatable bonds is 5. The van der Waals surface area contributed by atoms with E-state index >= 15 is 0 Å². The molecule has 0 saturated carbocycles. The number of benzene rings is 1. The highest BCUT2D eigenvalue weighted by Crippen LogP contribution is 2.23. The first kappa shape index (κ1) is 14.7. The molecule has 0 heterocycles. The molecule has 0 aromatic heterocycles. The second-order valence-corrected chi connectivity index (χ2v) is 5.47. The van der Waals surface area contributed by atoms with Crippen LogP contribution in [0.25, 0.3) is 0 Å². The summed E-state index contributed by atoms with van der Waals surface area (Å²) in [6.45, 7) is 7.31. The lowest BCUT2D eigenvalue weighted by Gasteiger charge is -2.20. The molecule has 98 valence electrons. The topological polar surface area (TPSA) is 56.0 Å². The lowest BCUT2D eigenvalue weighted by molar-refractivity contribution is 0.285. The molecule has 2 N–H and O–H groups in total. The second-order valence-electron chi connectivity index (χ2n) is 5.47. The average Bonchev–Trinajstić information content (AvgIpc) is 2.34. The molecule has 18 heavy (non-hydrogen) atoms. The molecule has 1 aromatic rings. The summed E-state index contributed by atoms with van der Waals surface area (Å²) in [5, 5.41) is 21.0. The minimum Gasteiger partial charge on any atom is -0.396 e. The van der Waals surface area contributed by atoms with E-state index < -0.39 is 0 Å². The van der Waals surface area contributed by atoms with Crippen LogP contribution >= 0.6 is 0 Å². The van der Waals surface area contributed by atoms with E-state index in [4.69, 9.17) is 10.4 Å². The zero-order chi connectivity index (χ0) is 13.6. The molecule has 1 unspecified atom stereocenters. The maximum absolute atomic E-state index is 9.13. The molecule has 1 atom stereocenters. The van der Waals surface area contributed by atoms with Crippen LogP contribution in [0.2, 0.25) is 0 Å². The summed E-state index contributed by atoms with van der Waals surface area (Å²) in [5.74, 6) is 0. The van der Waals surface area contributed by atoms with Gasteiger partial charge in [-0.05, 0) is 29.5 Å². The number of aliphatic hydroxyl groups excluding tert-OH is 1. The van der Waals surface area contributed by atoms with E-state index in [1.165, 1.54) is 5.56 Å². The molecule has 0 aliphatic carbocycles. The quantitative estimate of drug-likeness (QED) is 0.785. The Morgan fingerprint density at radius 3 is 2.33 bits per heavy atom. The summed E-state index contributed by atoms with van der Waals surface area (Å²) in [5.41, 5.74) is 2.37. The fourth-order valence-electron chi connectivity index (χ4n) is 1.74. The molecule has 0 spiro atoms. The van der Waals surface area contributed by atoms with Gasteiger partial charge in [0.1, 0.15) is 6.04 Å². The summed E-state index contributed by atoms with van der Waals surface area (Å²) in [6, 6.07) is 10.1. The summed E-state index contributed by atoms with van der Waals surface area (Å²) in [4.78, 5) is 0. The van der Waals surface area contributed by atoms with E-state index in [1.54, 1.807) is 0 Å². The van der Waals surface area contributed by atoms with Gasteiger partial charge in [0.25, 0.3) is 0 Å². The van der Waals surface area contributed by atoms with Crippen molar-refractivity contribution in [3.63, 3.8) is 0 Å². The van der Waals surface area contributed by atoms with Crippen molar-refractivity contribution in [3.8, 4) is 6.07 Å². The molecule has 0 aliphatic heterocycles. The second kappa shape index (κ2) is 6.53. The highest BCUT2D eigenvalue weighted by atomic mass is 16.3. The normalized spacial score (nSPS) is 13.1. The lowest BCUT2D eigenvalue weighted by atomic mass is 9.86. The molecule has 1 rings (SSSR count). The number of nitrogens with one attached hydrogen (secondary N) is 1. The van der Waals surface area contributed by atoms with Crippen molar-refractivity contribution >= 4 is 0 Å². The van der Waals surface area contributed by atoms with Crippen molar-refractivity contribution in [2.75, 3.05) is 13.2 Å². The van der Waals surface area contributed by atoms with Crippen LogP contribution in [0.15, 0.2) is 24.3 Å². The summed E-state index contributed by atoms with van der Waals surface area (Å²) in [7, 11) is 0. The van der Waals surface area contributed by atoms with Gasteiger partial charge in [-0.1, -0.05) is 45.0 Å². The Hall–Kier alpha value is -1.37. The van der Waals surface area contributed by atoms with Gasteiger partial charge in [-0.25, -0.2) is 0 Å². The highest BCUT2D eigenvalue weighted by Gasteiger charge is 2.15. The number of aliphatic hydroxyl groups is 1. The Balaban J connectivity index is 2.74. The van der Waals surface area contributed by atoms with E-state index in [0.29, 0.717) is 13.0 Å². The molecule has 0 aliphatic rings. The molecule has 0 bridgehead atoms. The Bertz CT molecular complexity index is 398. The molecule has 0 fully saturated rings. The first-order chi connectivity index (χ1) is 8.49. The van der Waals surface area contributed by atoms with Crippen LogP contribution < -0.4 is 5.32 Å². The van der Waals surface area contributed by atoms with Crippen molar-refractivity contribution in [3.05, 3.63) is 35.4 Å². The number of hydrogen-bond acceptors (Lipinski definition) is 3. The van der Waals surface area contributed by atoms with Gasteiger partial charge in [0.05, 0.1) is 6.07 Å². The van der Waals surface area contributed by atoms with Gasteiger partial charge in [0, 0.05) is 6.61 Å². The number of hydrogen-bond donors (Lipinski definition) is 2. The zero-order valence-corrected chi connectivity index (χ0v) is 11.4. The van der Waals surface area contributed by atoms with Crippen molar-refractivity contribution in [2.45, 2.75) is 38.6 Å². The van der Waals surface area contributed by atoms with E-state index in [2.05, 4.69) is 44.3 Å². The van der Waals surface area contributed by atoms with Crippen molar-refractivity contribution in [1.82, 2.24) is 5.32 Å². The van der Waals surface area contributed by atoms with Crippen molar-refractivity contribution in [2.24, 2.45) is 0 Å². The predicted octanol–water partition coefficient (Wildman–Crippen LogP) is 2.52. The Morgan fingerprint density at radius 1 is 1.28 bits per heavy atom. The van der Waals surface area contributed by atoms with Crippen LogP contribution in [0.1, 0.15) is 44.4 Å². The molecular formula is C15H22N2O. The smallest absolute Gasteiger partial charge is 0.121 e. The molecule has 0 radical (unpaired) electrons. The van der Waals surface area contributed by atoms with E-state index in [9.17, 15) is 0 Å². The lowest BCUT2D eigenvalue weighted by Crippen LogP contribution is -2.22. The van der Waals surface area contributed by atoms with E-state index in [1.807, 2.05) is 12.1 Å². The third-order valence-electron chi connectivity index (χ3n) is 2.92. The van der Waals surface area contributed by atoms with E-state index in [0.717, 1.165) is 5.56 Å². The SMILES string of the molecule is CC(C)(C)c1ccc(C(C#N)NCCCO)cc1. The largest absolute Gasteiger partial charge is 0.396 e. The number of nitrogens with zero attached hydrogens (tertiary/aromatic N) is 1. The Labute approximate surface area is 109 Å². The highest BCUT2D eigenvalue weighted by molar-refractivity contribution is 5.31. The maximum atomic E-state index is 9.13. The van der Waals surface area contributed by atoms with Crippen LogP contribution in [-0.4, -0.2) is 18.3 Å². The minimum atomic E-state index is -0.300. The monoisotopic (exact) mass is 246 g/mol. The zero-order valence-electron chi connectivity index (χ0n) is 11.4. The molecule has 3 nitrogen and oxygen atoms in total. The summed E-state index contributed by atoms with van der Waals surface area (Å²) in [6.07, 6.45) is 0.665. The average molecular weight is 246 g/mol. The standard InChI is InChI=1S/C15H22N2O/c1-15(2,3)13-7-5-12(6-8-13)14(11-16)17-9-4-10-18/h5-8,14,17-18H,4,9-10H2,1-3H3. The summed E-state index contributed by atoms with van der Waals surface area (Å²) >= 11 is 0. The van der Waals surface area contributed by atoms with Crippen LogP contribution in [0, 0.1) is 11.3 Å². The van der Waals surface area contributed by atoms with Crippen molar-refractivity contribution < 1.29 is 5.11 Å². The Morgan fingerprint density at radius 2 is 1.89 bits per heavy atom. The molecule has 1 aromatic carbocycles. The first-order valence-electron chi connectivity index (χ1n) is 6.33. The van der Waals surface area contributed by atoms with Crippen LogP contribution in [0.3, 0.4) is 0 Å². The molecular weight excluding hydrogens is 224 g/mol. The van der Waals surface area contributed by atoms with Gasteiger partial charge in [0.15, 0.2) is 0 Å². The maximum Gasteiger partial charge on any atom is 0.121 e.